The SMILES string of the molecule is Cc1ccc2ccccc2c1P=O. The first kappa shape index (κ1) is 8.40. The molecule has 1 nitrogen and oxygen atoms in total. The summed E-state index contributed by atoms with van der Waals surface area (Å²) in [7, 11) is 0.104. The highest BCUT2D eigenvalue weighted by Gasteiger charge is 2.02. The Hall–Kier alpha value is -1.20. The summed E-state index contributed by atoms with van der Waals surface area (Å²) in [5.41, 5.74) is 1.08. The lowest BCUT2D eigenvalue weighted by atomic mass is 10.1. The third-order valence-electron chi connectivity index (χ3n) is 2.19. The monoisotopic (exact) mass is 188 g/mol. The van der Waals surface area contributed by atoms with Gasteiger partial charge in [-0.05, 0) is 23.3 Å². The van der Waals surface area contributed by atoms with E-state index in [1.807, 2.05) is 37.3 Å². The number of hydrogen-bond donors (Lipinski definition) is 0. The number of fused-ring (bicyclic) bond motifs is 1. The summed E-state index contributed by atoms with van der Waals surface area (Å²) in [5.74, 6) is 0. The molecular formula is C11H9OP. The molecule has 0 saturated carbocycles. The maximum Gasteiger partial charge on any atom is 0.193 e. The van der Waals surface area contributed by atoms with Gasteiger partial charge in [0.15, 0.2) is 8.46 Å². The van der Waals surface area contributed by atoms with Crippen LogP contribution in [0.15, 0.2) is 36.4 Å². The van der Waals surface area contributed by atoms with Crippen molar-refractivity contribution in [3.8, 4) is 0 Å². The molecule has 0 aromatic heterocycles. The third kappa shape index (κ3) is 1.36. The molecule has 2 heteroatoms. The predicted octanol–water partition coefficient (Wildman–Crippen LogP) is 3.07. The number of rotatable bonds is 1. The van der Waals surface area contributed by atoms with E-state index in [-0.39, 0.29) is 8.46 Å². The van der Waals surface area contributed by atoms with Gasteiger partial charge in [0.25, 0.3) is 0 Å². The Morgan fingerprint density at radius 2 is 1.85 bits per heavy atom. The van der Waals surface area contributed by atoms with E-state index in [1.165, 1.54) is 0 Å². The van der Waals surface area contributed by atoms with Crippen LogP contribution in [0.1, 0.15) is 5.56 Å². The van der Waals surface area contributed by atoms with Crippen molar-refractivity contribution >= 4 is 24.5 Å². The van der Waals surface area contributed by atoms with Gasteiger partial charge in [0.1, 0.15) is 0 Å². The van der Waals surface area contributed by atoms with Gasteiger partial charge in [0.05, 0.1) is 5.30 Å². The Morgan fingerprint density at radius 1 is 1.08 bits per heavy atom. The van der Waals surface area contributed by atoms with Crippen molar-refractivity contribution in [2.75, 3.05) is 0 Å². The molecule has 0 heterocycles. The fourth-order valence-electron chi connectivity index (χ4n) is 1.49. The van der Waals surface area contributed by atoms with Crippen molar-refractivity contribution < 1.29 is 4.57 Å². The van der Waals surface area contributed by atoms with Gasteiger partial charge in [0.2, 0.25) is 0 Å². The van der Waals surface area contributed by atoms with Crippen molar-refractivity contribution in [1.29, 1.82) is 0 Å². The highest BCUT2D eigenvalue weighted by Crippen LogP contribution is 2.17. The van der Waals surface area contributed by atoms with E-state index in [4.69, 9.17) is 0 Å². The molecule has 0 radical (unpaired) electrons. The van der Waals surface area contributed by atoms with E-state index >= 15 is 0 Å². The molecule has 0 spiro atoms. The van der Waals surface area contributed by atoms with Crippen LogP contribution in [0.2, 0.25) is 0 Å². The highest BCUT2D eigenvalue weighted by atomic mass is 31.1. The molecule has 0 aliphatic rings. The second kappa shape index (κ2) is 3.27. The Balaban J connectivity index is 2.91. The second-order valence-corrected chi connectivity index (χ2v) is 3.67. The zero-order valence-electron chi connectivity index (χ0n) is 7.32. The van der Waals surface area contributed by atoms with Gasteiger partial charge in [0, 0.05) is 0 Å². The first-order valence-electron chi connectivity index (χ1n) is 4.14. The summed E-state index contributed by atoms with van der Waals surface area (Å²) in [4.78, 5) is 0. The first-order chi connectivity index (χ1) is 6.33. The molecule has 2 aromatic carbocycles. The van der Waals surface area contributed by atoms with Gasteiger partial charge < -0.3 is 0 Å². The number of hydrogen-bond acceptors (Lipinski definition) is 1. The highest BCUT2D eigenvalue weighted by molar-refractivity contribution is 7.35. The Labute approximate surface area is 78.6 Å². The quantitative estimate of drug-likeness (QED) is 0.628. The number of benzene rings is 2. The van der Waals surface area contributed by atoms with E-state index < -0.39 is 0 Å². The van der Waals surface area contributed by atoms with Crippen molar-refractivity contribution in [2.24, 2.45) is 0 Å². The van der Waals surface area contributed by atoms with Gasteiger partial charge in [-0.3, -0.25) is 4.57 Å². The van der Waals surface area contributed by atoms with E-state index in [1.54, 1.807) is 0 Å². The van der Waals surface area contributed by atoms with Crippen LogP contribution in [0, 0.1) is 6.92 Å². The molecule has 13 heavy (non-hydrogen) atoms. The van der Waals surface area contributed by atoms with E-state index in [0.29, 0.717) is 0 Å². The van der Waals surface area contributed by atoms with E-state index in [9.17, 15) is 4.57 Å². The maximum atomic E-state index is 10.9. The second-order valence-electron chi connectivity index (χ2n) is 3.04. The van der Waals surface area contributed by atoms with Gasteiger partial charge in [-0.1, -0.05) is 36.4 Å². The predicted molar refractivity (Wildman–Crippen MR) is 55.9 cm³/mol. The standard InChI is InChI=1S/C11H9OP/c1-8-6-7-9-4-2-3-5-10(9)11(8)13-12/h2-7H,1H3. The van der Waals surface area contributed by atoms with Gasteiger partial charge in [-0.25, -0.2) is 0 Å². The summed E-state index contributed by atoms with van der Waals surface area (Å²) >= 11 is 0. The first-order valence-corrected chi connectivity index (χ1v) is 4.96. The average Bonchev–Trinajstić information content (AvgIpc) is 2.18. The van der Waals surface area contributed by atoms with E-state index in [0.717, 1.165) is 21.6 Å². The zero-order valence-corrected chi connectivity index (χ0v) is 8.21. The van der Waals surface area contributed by atoms with Crippen molar-refractivity contribution in [3.63, 3.8) is 0 Å². The minimum absolute atomic E-state index is 0.104. The number of aryl methyl sites for hydroxylation is 1. The van der Waals surface area contributed by atoms with Gasteiger partial charge in [-0.15, -0.1) is 0 Å². The normalized spacial score (nSPS) is 10.8. The lowest BCUT2D eigenvalue weighted by Gasteiger charge is -2.02. The van der Waals surface area contributed by atoms with Crippen LogP contribution in [-0.4, -0.2) is 0 Å². The molecule has 64 valence electrons. The molecule has 0 saturated heterocycles. The summed E-state index contributed by atoms with van der Waals surface area (Å²) in [6.45, 7) is 1.98. The Bertz CT molecular complexity index is 463. The molecule has 2 rings (SSSR count). The molecular weight excluding hydrogens is 179 g/mol. The minimum atomic E-state index is 0.104. The van der Waals surface area contributed by atoms with Crippen LogP contribution < -0.4 is 5.30 Å². The van der Waals surface area contributed by atoms with Crippen molar-refractivity contribution in [2.45, 2.75) is 6.92 Å². The summed E-state index contributed by atoms with van der Waals surface area (Å²) in [5, 5.41) is 3.13. The summed E-state index contributed by atoms with van der Waals surface area (Å²) in [6.07, 6.45) is 0. The van der Waals surface area contributed by atoms with Crippen LogP contribution >= 0.6 is 8.46 Å². The fraction of sp³-hybridized carbons (Fsp3) is 0.0909. The average molecular weight is 188 g/mol. The summed E-state index contributed by atoms with van der Waals surface area (Å²) in [6, 6.07) is 12.0. The molecule has 0 fully saturated rings. The smallest absolute Gasteiger partial charge is 0.193 e. The van der Waals surface area contributed by atoms with Crippen molar-refractivity contribution in [3.05, 3.63) is 42.0 Å². The summed E-state index contributed by atoms with van der Waals surface area (Å²) < 4.78 is 10.9. The maximum absolute atomic E-state index is 10.9. The Morgan fingerprint density at radius 3 is 2.62 bits per heavy atom. The molecule has 0 N–H and O–H groups in total. The molecule has 0 unspecified atom stereocenters. The molecule has 2 aromatic rings. The topological polar surface area (TPSA) is 17.1 Å². The molecule has 0 amide bonds. The molecule has 0 aliphatic heterocycles. The van der Waals surface area contributed by atoms with Crippen LogP contribution in [0.4, 0.5) is 0 Å². The van der Waals surface area contributed by atoms with Crippen LogP contribution in [0.5, 0.6) is 0 Å². The van der Waals surface area contributed by atoms with Crippen LogP contribution in [0.25, 0.3) is 10.8 Å². The minimum Gasteiger partial charge on any atom is -0.269 e. The van der Waals surface area contributed by atoms with Crippen molar-refractivity contribution in [1.82, 2.24) is 0 Å². The lowest BCUT2D eigenvalue weighted by Crippen LogP contribution is -1.98. The zero-order chi connectivity index (χ0) is 9.26. The molecule has 0 bridgehead atoms. The lowest BCUT2D eigenvalue weighted by molar-refractivity contribution is 0.603. The van der Waals surface area contributed by atoms with Gasteiger partial charge >= 0.3 is 0 Å². The Kier molecular flexibility index (Phi) is 2.12. The largest absolute Gasteiger partial charge is 0.269 e. The van der Waals surface area contributed by atoms with Crippen LogP contribution in [0.3, 0.4) is 0 Å². The van der Waals surface area contributed by atoms with E-state index in [2.05, 4.69) is 6.07 Å². The van der Waals surface area contributed by atoms with Gasteiger partial charge in [-0.2, -0.15) is 0 Å². The van der Waals surface area contributed by atoms with Crippen LogP contribution in [-0.2, 0) is 4.57 Å². The molecule has 0 atom stereocenters. The fourth-order valence-corrected chi connectivity index (χ4v) is 2.01. The molecule has 0 aliphatic carbocycles. The third-order valence-corrected chi connectivity index (χ3v) is 2.97.